The number of amides is 1. The van der Waals surface area contributed by atoms with Crippen molar-refractivity contribution in [3.63, 3.8) is 0 Å². The van der Waals surface area contributed by atoms with Crippen LogP contribution in [0.1, 0.15) is 19.3 Å². The van der Waals surface area contributed by atoms with Crippen LogP contribution in [0.5, 0.6) is 0 Å². The zero-order valence-corrected chi connectivity index (χ0v) is 12.4. The summed E-state index contributed by atoms with van der Waals surface area (Å²) in [5.41, 5.74) is 0. The van der Waals surface area contributed by atoms with E-state index in [1.807, 2.05) is 28.9 Å². The third-order valence-electron chi connectivity index (χ3n) is 5.09. The highest BCUT2D eigenvalue weighted by atomic mass is 16.5. The van der Waals surface area contributed by atoms with Crippen LogP contribution in [0.3, 0.4) is 0 Å². The molecular formula is C15H22N4O2. The first-order valence-corrected chi connectivity index (χ1v) is 7.89. The Bertz CT molecular complexity index is 536. The number of carbonyl (C=O) groups excluding carboxylic acids is 1. The van der Waals surface area contributed by atoms with E-state index in [0.717, 1.165) is 51.4 Å². The van der Waals surface area contributed by atoms with E-state index in [-0.39, 0.29) is 12.0 Å². The molecule has 4 heterocycles. The molecule has 3 saturated heterocycles. The summed E-state index contributed by atoms with van der Waals surface area (Å²) in [6, 6.07) is 0. The number of rotatable bonds is 2. The Morgan fingerprint density at radius 1 is 1.29 bits per heavy atom. The lowest BCUT2D eigenvalue weighted by molar-refractivity contribution is -0.137. The topological polar surface area (TPSA) is 50.6 Å². The van der Waals surface area contributed by atoms with Crippen LogP contribution in [0.15, 0.2) is 12.4 Å². The lowest BCUT2D eigenvalue weighted by atomic mass is 9.88. The third kappa shape index (κ3) is 2.21. The van der Waals surface area contributed by atoms with Gasteiger partial charge in [-0.05, 0) is 19.3 Å². The number of nitrogens with zero attached hydrogens (tertiary/aromatic N) is 4. The highest BCUT2D eigenvalue weighted by Crippen LogP contribution is 2.39. The first-order valence-electron chi connectivity index (χ1n) is 7.89. The normalized spacial score (nSPS) is 32.0. The Labute approximate surface area is 124 Å². The van der Waals surface area contributed by atoms with E-state index in [1.54, 1.807) is 0 Å². The van der Waals surface area contributed by atoms with E-state index in [4.69, 9.17) is 4.74 Å². The first kappa shape index (κ1) is 13.1. The van der Waals surface area contributed by atoms with Crippen LogP contribution in [-0.2, 0) is 16.6 Å². The van der Waals surface area contributed by atoms with E-state index >= 15 is 0 Å². The van der Waals surface area contributed by atoms with E-state index in [1.165, 1.54) is 0 Å². The summed E-state index contributed by atoms with van der Waals surface area (Å²) < 4.78 is 7.85. The number of ether oxygens (including phenoxy) is 1. The highest BCUT2D eigenvalue weighted by Gasteiger charge is 2.46. The van der Waals surface area contributed by atoms with Gasteiger partial charge in [-0.15, -0.1) is 0 Å². The van der Waals surface area contributed by atoms with Gasteiger partial charge in [0.05, 0.1) is 18.1 Å². The van der Waals surface area contributed by atoms with Gasteiger partial charge in [-0.2, -0.15) is 0 Å². The minimum Gasteiger partial charge on any atom is -0.374 e. The number of hydrogen-bond donors (Lipinski definition) is 0. The van der Waals surface area contributed by atoms with Crippen molar-refractivity contribution < 1.29 is 9.53 Å². The van der Waals surface area contributed by atoms with Gasteiger partial charge in [-0.3, -0.25) is 4.79 Å². The molecular weight excluding hydrogens is 268 g/mol. The number of aryl methyl sites for hydroxylation is 1. The van der Waals surface area contributed by atoms with E-state index in [0.29, 0.717) is 12.0 Å². The van der Waals surface area contributed by atoms with Crippen molar-refractivity contribution >= 4 is 11.9 Å². The molecule has 3 fully saturated rings. The molecule has 3 aliphatic rings. The van der Waals surface area contributed by atoms with Crippen molar-refractivity contribution in [2.45, 2.75) is 31.5 Å². The molecule has 6 heteroatoms. The maximum atomic E-state index is 12.7. The van der Waals surface area contributed by atoms with Gasteiger partial charge >= 0.3 is 0 Å². The fourth-order valence-corrected chi connectivity index (χ4v) is 3.92. The van der Waals surface area contributed by atoms with E-state index < -0.39 is 0 Å². The SMILES string of the molecule is Cn1ccnc1N1CCN(C(=O)[C@@H]2C[C@H]3CC[C@H]2O3)CC1. The van der Waals surface area contributed by atoms with Crippen LogP contribution in [0.25, 0.3) is 0 Å². The van der Waals surface area contributed by atoms with Gasteiger partial charge in [0.25, 0.3) is 0 Å². The fourth-order valence-electron chi connectivity index (χ4n) is 3.92. The molecule has 0 radical (unpaired) electrons. The second-order valence-electron chi connectivity index (χ2n) is 6.37. The number of piperazine rings is 1. The lowest BCUT2D eigenvalue weighted by Gasteiger charge is -2.37. The zero-order chi connectivity index (χ0) is 14.4. The summed E-state index contributed by atoms with van der Waals surface area (Å²) in [6.45, 7) is 3.30. The molecule has 3 atom stereocenters. The standard InChI is InChI=1S/C15H22N4O2/c1-17-5-4-16-15(17)19-8-6-18(7-9-19)14(20)12-10-11-2-3-13(12)21-11/h4-5,11-13H,2-3,6-10H2,1H3/t11-,12-,13-/m1/s1. The average Bonchev–Trinajstić information content (AvgIpc) is 3.23. The summed E-state index contributed by atoms with van der Waals surface area (Å²) in [5, 5.41) is 0. The largest absolute Gasteiger partial charge is 0.374 e. The molecule has 0 N–H and O–H groups in total. The van der Waals surface area contributed by atoms with Gasteiger partial charge in [0, 0.05) is 45.6 Å². The van der Waals surface area contributed by atoms with Crippen LogP contribution < -0.4 is 4.90 Å². The van der Waals surface area contributed by atoms with Crippen molar-refractivity contribution in [2.24, 2.45) is 13.0 Å². The minimum atomic E-state index is 0.114. The van der Waals surface area contributed by atoms with Gasteiger partial charge < -0.3 is 19.1 Å². The Balaban J connectivity index is 1.37. The van der Waals surface area contributed by atoms with Crippen LogP contribution in [0.4, 0.5) is 5.95 Å². The molecule has 0 spiro atoms. The lowest BCUT2D eigenvalue weighted by Crippen LogP contribution is -2.52. The highest BCUT2D eigenvalue weighted by molar-refractivity contribution is 5.80. The summed E-state index contributed by atoms with van der Waals surface area (Å²) in [7, 11) is 2.01. The molecule has 0 aromatic carbocycles. The smallest absolute Gasteiger partial charge is 0.228 e. The molecule has 2 bridgehead atoms. The maximum absolute atomic E-state index is 12.7. The van der Waals surface area contributed by atoms with Gasteiger partial charge in [0.1, 0.15) is 0 Å². The minimum absolute atomic E-state index is 0.114. The van der Waals surface area contributed by atoms with Crippen molar-refractivity contribution in [1.29, 1.82) is 0 Å². The van der Waals surface area contributed by atoms with Crippen molar-refractivity contribution in [1.82, 2.24) is 14.5 Å². The van der Waals surface area contributed by atoms with E-state index in [2.05, 4.69) is 9.88 Å². The van der Waals surface area contributed by atoms with E-state index in [9.17, 15) is 4.79 Å². The summed E-state index contributed by atoms with van der Waals surface area (Å²) >= 11 is 0. The van der Waals surface area contributed by atoms with Gasteiger partial charge in [0.2, 0.25) is 11.9 Å². The number of imidazole rings is 1. The second kappa shape index (κ2) is 5.02. The Morgan fingerprint density at radius 3 is 2.67 bits per heavy atom. The molecule has 0 saturated carbocycles. The van der Waals surface area contributed by atoms with Gasteiger partial charge in [-0.1, -0.05) is 0 Å². The summed E-state index contributed by atoms with van der Waals surface area (Å²) in [4.78, 5) is 21.3. The molecule has 0 unspecified atom stereocenters. The molecule has 21 heavy (non-hydrogen) atoms. The van der Waals surface area contributed by atoms with Crippen LogP contribution in [0, 0.1) is 5.92 Å². The van der Waals surface area contributed by atoms with Crippen LogP contribution in [0.2, 0.25) is 0 Å². The number of fused-ring (bicyclic) bond motifs is 2. The molecule has 3 aliphatic heterocycles. The van der Waals surface area contributed by atoms with Crippen molar-refractivity contribution in [3.8, 4) is 0 Å². The monoisotopic (exact) mass is 290 g/mol. The molecule has 1 amide bonds. The number of aromatic nitrogens is 2. The molecule has 1 aromatic rings. The average molecular weight is 290 g/mol. The quantitative estimate of drug-likeness (QED) is 0.802. The van der Waals surface area contributed by atoms with Crippen LogP contribution >= 0.6 is 0 Å². The number of carbonyl (C=O) groups is 1. The van der Waals surface area contributed by atoms with Crippen molar-refractivity contribution in [3.05, 3.63) is 12.4 Å². The zero-order valence-electron chi connectivity index (χ0n) is 12.4. The summed E-state index contributed by atoms with van der Waals surface area (Å²) in [5.74, 6) is 1.41. The third-order valence-corrected chi connectivity index (χ3v) is 5.09. The predicted molar refractivity (Wildman–Crippen MR) is 78.0 cm³/mol. The maximum Gasteiger partial charge on any atom is 0.228 e. The first-order chi connectivity index (χ1) is 10.2. The molecule has 4 rings (SSSR count). The Kier molecular flexibility index (Phi) is 3.14. The van der Waals surface area contributed by atoms with Crippen LogP contribution in [-0.4, -0.2) is 58.7 Å². The van der Waals surface area contributed by atoms with Crippen molar-refractivity contribution in [2.75, 3.05) is 31.1 Å². The Morgan fingerprint density at radius 2 is 2.10 bits per heavy atom. The fraction of sp³-hybridized carbons (Fsp3) is 0.733. The molecule has 114 valence electrons. The molecule has 0 aliphatic carbocycles. The summed E-state index contributed by atoms with van der Waals surface area (Å²) in [6.07, 6.45) is 7.45. The number of anilines is 1. The second-order valence-corrected chi connectivity index (χ2v) is 6.37. The Hall–Kier alpha value is -1.56. The predicted octanol–water partition coefficient (Wildman–Crippen LogP) is 0.636. The van der Waals surface area contributed by atoms with Gasteiger partial charge in [0.15, 0.2) is 0 Å². The number of hydrogen-bond acceptors (Lipinski definition) is 4. The van der Waals surface area contributed by atoms with Gasteiger partial charge in [-0.25, -0.2) is 4.98 Å². The molecule has 6 nitrogen and oxygen atoms in total. The molecule has 1 aromatic heterocycles.